The molecule has 2 amide bonds. The predicted molar refractivity (Wildman–Crippen MR) is 74.3 cm³/mol. The van der Waals surface area contributed by atoms with Crippen molar-refractivity contribution in [2.75, 3.05) is 18.4 Å². The quantitative estimate of drug-likeness (QED) is 0.770. The third kappa shape index (κ3) is 3.45. The van der Waals surface area contributed by atoms with Crippen molar-refractivity contribution in [3.63, 3.8) is 0 Å². The molecule has 2 rings (SSSR count). The Kier molecular flexibility index (Phi) is 4.06. The number of carbonyl (C=O) groups is 2. The maximum Gasteiger partial charge on any atom is 0.335 e. The van der Waals surface area contributed by atoms with E-state index in [1.165, 1.54) is 12.1 Å². The summed E-state index contributed by atoms with van der Waals surface area (Å²) in [5, 5.41) is 11.6. The van der Waals surface area contributed by atoms with Gasteiger partial charge in [-0.05, 0) is 24.6 Å². The lowest BCUT2D eigenvalue weighted by Crippen LogP contribution is -2.35. The maximum atomic E-state index is 11.9. The van der Waals surface area contributed by atoms with E-state index in [-0.39, 0.29) is 17.6 Å². The Morgan fingerprint density at radius 2 is 2.16 bits per heavy atom. The molecule has 7 heteroatoms. The average molecular weight is 328 g/mol. The molecule has 1 aliphatic rings. The van der Waals surface area contributed by atoms with Gasteiger partial charge in [-0.25, -0.2) is 9.59 Å². The molecule has 1 saturated heterocycles. The van der Waals surface area contributed by atoms with Crippen LogP contribution in [0.1, 0.15) is 16.8 Å². The van der Waals surface area contributed by atoms with Crippen molar-refractivity contribution in [1.82, 2.24) is 4.90 Å². The first-order valence-electron chi connectivity index (χ1n) is 5.81. The molecule has 0 radical (unpaired) electrons. The number of benzene rings is 1. The zero-order chi connectivity index (χ0) is 14.0. The number of anilines is 1. The number of nitrogens with two attached hydrogens (primary N) is 1. The second-order valence-corrected chi connectivity index (χ2v) is 5.37. The maximum absolute atomic E-state index is 11.9. The molecule has 1 aromatic rings. The molecule has 1 fully saturated rings. The van der Waals surface area contributed by atoms with E-state index in [1.54, 1.807) is 11.0 Å². The Hall–Kier alpha value is -1.60. The van der Waals surface area contributed by atoms with Gasteiger partial charge >= 0.3 is 12.0 Å². The molecular weight excluding hydrogens is 314 g/mol. The van der Waals surface area contributed by atoms with Gasteiger partial charge in [0.15, 0.2) is 0 Å². The van der Waals surface area contributed by atoms with Crippen LogP contribution in [0.25, 0.3) is 0 Å². The molecule has 19 heavy (non-hydrogen) atoms. The molecule has 0 aromatic heterocycles. The number of hydrogen-bond donors (Lipinski definition) is 3. The van der Waals surface area contributed by atoms with Gasteiger partial charge in [-0.3, -0.25) is 0 Å². The van der Waals surface area contributed by atoms with Crippen LogP contribution in [-0.4, -0.2) is 41.1 Å². The molecule has 0 bridgehead atoms. The van der Waals surface area contributed by atoms with Gasteiger partial charge in [-0.2, -0.15) is 0 Å². The lowest BCUT2D eigenvalue weighted by Gasteiger charge is -2.17. The normalized spacial score (nSPS) is 18.4. The second-order valence-electron chi connectivity index (χ2n) is 4.46. The van der Waals surface area contributed by atoms with E-state index in [1.807, 2.05) is 0 Å². The standard InChI is InChI=1S/C12H14BrN3O3/c13-8-3-7(11(17)18)4-10(5-8)15-12(19)16-2-1-9(14)6-16/h3-5,9H,1-2,6,14H2,(H,15,19)(H,17,18). The summed E-state index contributed by atoms with van der Waals surface area (Å²) in [5.74, 6) is -1.04. The fraction of sp³-hybridized carbons (Fsp3) is 0.333. The van der Waals surface area contributed by atoms with Crippen LogP contribution in [0.15, 0.2) is 22.7 Å². The summed E-state index contributed by atoms with van der Waals surface area (Å²) >= 11 is 3.22. The van der Waals surface area contributed by atoms with Crippen LogP contribution < -0.4 is 11.1 Å². The molecule has 0 saturated carbocycles. The highest BCUT2D eigenvalue weighted by molar-refractivity contribution is 9.10. The number of urea groups is 1. The topological polar surface area (TPSA) is 95.7 Å². The Bertz CT molecular complexity index is 521. The van der Waals surface area contributed by atoms with E-state index >= 15 is 0 Å². The lowest BCUT2D eigenvalue weighted by atomic mass is 10.2. The number of hydrogen-bond acceptors (Lipinski definition) is 3. The van der Waals surface area contributed by atoms with Crippen LogP contribution in [0.2, 0.25) is 0 Å². The highest BCUT2D eigenvalue weighted by Crippen LogP contribution is 2.20. The minimum atomic E-state index is -1.04. The van der Waals surface area contributed by atoms with Gasteiger partial charge in [-0.15, -0.1) is 0 Å². The van der Waals surface area contributed by atoms with Gasteiger partial charge in [0, 0.05) is 29.3 Å². The average Bonchev–Trinajstić information content (AvgIpc) is 2.75. The van der Waals surface area contributed by atoms with Crippen LogP contribution in [0.3, 0.4) is 0 Å². The smallest absolute Gasteiger partial charge is 0.335 e. The number of carboxylic acids is 1. The van der Waals surface area contributed by atoms with Crippen molar-refractivity contribution in [3.05, 3.63) is 28.2 Å². The van der Waals surface area contributed by atoms with Gasteiger partial charge in [0.25, 0.3) is 0 Å². The molecule has 1 aromatic carbocycles. The summed E-state index contributed by atoms with van der Waals surface area (Å²) in [6.45, 7) is 1.14. The predicted octanol–water partition coefficient (Wildman–Crippen LogP) is 1.71. The van der Waals surface area contributed by atoms with Crippen LogP contribution >= 0.6 is 15.9 Å². The molecular formula is C12H14BrN3O3. The number of nitrogens with zero attached hydrogens (tertiary/aromatic N) is 1. The number of carbonyl (C=O) groups excluding carboxylic acids is 1. The van der Waals surface area contributed by atoms with Gasteiger partial charge < -0.3 is 21.1 Å². The zero-order valence-corrected chi connectivity index (χ0v) is 11.7. The Morgan fingerprint density at radius 1 is 1.42 bits per heavy atom. The van der Waals surface area contributed by atoms with E-state index in [9.17, 15) is 9.59 Å². The zero-order valence-electron chi connectivity index (χ0n) is 10.1. The molecule has 1 unspecified atom stereocenters. The van der Waals surface area contributed by atoms with Crippen LogP contribution in [-0.2, 0) is 0 Å². The van der Waals surface area contributed by atoms with Crippen molar-refractivity contribution in [2.45, 2.75) is 12.5 Å². The molecule has 1 heterocycles. The van der Waals surface area contributed by atoms with Crippen LogP contribution in [0, 0.1) is 0 Å². The van der Waals surface area contributed by atoms with Crippen molar-refractivity contribution in [3.8, 4) is 0 Å². The molecule has 1 atom stereocenters. The summed E-state index contributed by atoms with van der Waals surface area (Å²) in [5.41, 5.74) is 6.29. The van der Waals surface area contributed by atoms with Crippen molar-refractivity contribution >= 4 is 33.6 Å². The monoisotopic (exact) mass is 327 g/mol. The minimum Gasteiger partial charge on any atom is -0.478 e. The molecule has 1 aliphatic heterocycles. The van der Waals surface area contributed by atoms with E-state index in [0.29, 0.717) is 23.2 Å². The van der Waals surface area contributed by atoms with Crippen molar-refractivity contribution in [1.29, 1.82) is 0 Å². The van der Waals surface area contributed by atoms with Gasteiger partial charge in [0.05, 0.1) is 5.56 Å². The van der Waals surface area contributed by atoms with Crippen LogP contribution in [0.4, 0.5) is 10.5 Å². The number of aromatic carboxylic acids is 1. The highest BCUT2D eigenvalue weighted by atomic mass is 79.9. The third-order valence-corrected chi connectivity index (χ3v) is 3.37. The Balaban J connectivity index is 2.10. The highest BCUT2D eigenvalue weighted by Gasteiger charge is 2.23. The lowest BCUT2D eigenvalue weighted by molar-refractivity contribution is 0.0697. The number of halogens is 1. The van der Waals surface area contributed by atoms with E-state index < -0.39 is 5.97 Å². The minimum absolute atomic E-state index is 0.0165. The second kappa shape index (κ2) is 5.58. The fourth-order valence-electron chi connectivity index (χ4n) is 1.96. The molecule has 6 nitrogen and oxygen atoms in total. The first-order valence-corrected chi connectivity index (χ1v) is 6.60. The number of likely N-dealkylation sites (tertiary alicyclic amines) is 1. The number of amides is 2. The summed E-state index contributed by atoms with van der Waals surface area (Å²) in [6, 6.07) is 4.30. The summed E-state index contributed by atoms with van der Waals surface area (Å²) in [7, 11) is 0. The van der Waals surface area contributed by atoms with Gasteiger partial charge in [0.2, 0.25) is 0 Å². The first kappa shape index (κ1) is 13.8. The largest absolute Gasteiger partial charge is 0.478 e. The first-order chi connectivity index (χ1) is 8.95. The summed E-state index contributed by atoms with van der Waals surface area (Å²) in [4.78, 5) is 24.5. The van der Waals surface area contributed by atoms with E-state index in [2.05, 4.69) is 21.2 Å². The SMILES string of the molecule is NC1CCN(C(=O)Nc2cc(Br)cc(C(=O)O)c2)C1. The molecule has 0 aliphatic carbocycles. The van der Waals surface area contributed by atoms with E-state index in [4.69, 9.17) is 10.8 Å². The molecule has 102 valence electrons. The van der Waals surface area contributed by atoms with E-state index in [0.717, 1.165) is 6.42 Å². The van der Waals surface area contributed by atoms with Crippen molar-refractivity contribution in [2.24, 2.45) is 5.73 Å². The Morgan fingerprint density at radius 3 is 2.74 bits per heavy atom. The van der Waals surface area contributed by atoms with Gasteiger partial charge in [-0.1, -0.05) is 15.9 Å². The fourth-order valence-corrected chi connectivity index (χ4v) is 2.45. The molecule has 4 N–H and O–H groups in total. The number of nitrogens with one attached hydrogen (secondary N) is 1. The number of rotatable bonds is 2. The van der Waals surface area contributed by atoms with Crippen LogP contribution in [0.5, 0.6) is 0 Å². The summed E-state index contributed by atoms with van der Waals surface area (Å²) in [6.07, 6.45) is 0.784. The molecule has 0 spiro atoms. The Labute approximate surface area is 118 Å². The number of carboxylic acid groups (broad SMARTS) is 1. The van der Waals surface area contributed by atoms with Gasteiger partial charge in [0.1, 0.15) is 0 Å². The summed E-state index contributed by atoms with van der Waals surface area (Å²) < 4.78 is 0.598. The third-order valence-electron chi connectivity index (χ3n) is 2.91. The van der Waals surface area contributed by atoms with Crippen molar-refractivity contribution < 1.29 is 14.7 Å².